The minimum Gasteiger partial charge on any atom is -0.378 e. The zero-order valence-electron chi connectivity index (χ0n) is 10.3. The lowest BCUT2D eigenvalue weighted by atomic mass is 10.0. The predicted molar refractivity (Wildman–Crippen MR) is 68.1 cm³/mol. The van der Waals surface area contributed by atoms with Gasteiger partial charge < -0.3 is 5.11 Å². The molecule has 0 aromatic heterocycles. The smallest absolute Gasteiger partial charge is 0.123 e. The molecule has 1 atom stereocenters. The molecule has 1 heterocycles. The van der Waals surface area contributed by atoms with Gasteiger partial charge in [-0.05, 0) is 45.7 Å². The molecule has 1 rings (SSSR count). The monoisotopic (exact) mass is 221 g/mol. The van der Waals surface area contributed by atoms with Gasteiger partial charge in [0.05, 0.1) is 6.54 Å². The predicted octanol–water partition coefficient (Wildman–Crippen LogP) is 2.19. The highest BCUT2D eigenvalue weighted by Gasteiger charge is 2.15. The van der Waals surface area contributed by atoms with Crippen molar-refractivity contribution < 1.29 is 5.11 Å². The summed E-state index contributed by atoms with van der Waals surface area (Å²) in [6, 6.07) is 0. The minimum absolute atomic E-state index is 0.670. The van der Waals surface area contributed by atoms with Crippen LogP contribution in [-0.4, -0.2) is 35.2 Å². The fraction of sp³-hybridized carbons (Fsp3) is 0.714. The van der Waals surface area contributed by atoms with Gasteiger partial charge in [0.2, 0.25) is 0 Å². The Morgan fingerprint density at radius 1 is 1.38 bits per heavy atom. The Bertz CT molecular complexity index is 266. The second kappa shape index (κ2) is 6.73. The van der Waals surface area contributed by atoms with Crippen LogP contribution in [-0.2, 0) is 0 Å². The molecule has 0 aromatic carbocycles. The van der Waals surface area contributed by atoms with Crippen LogP contribution >= 0.6 is 0 Å². The molecule has 2 heteroatoms. The largest absolute Gasteiger partial charge is 0.378 e. The Kier molecular flexibility index (Phi) is 5.59. The summed E-state index contributed by atoms with van der Waals surface area (Å²) in [6.07, 6.45) is 7.22. The molecule has 0 aromatic rings. The highest BCUT2D eigenvalue weighted by molar-refractivity contribution is 5.13. The molecule has 1 N–H and O–H groups in total. The van der Waals surface area contributed by atoms with E-state index in [1.807, 2.05) is 6.08 Å². The summed E-state index contributed by atoms with van der Waals surface area (Å²) in [4.78, 5) is 2.36. The first-order valence-electron chi connectivity index (χ1n) is 6.20. The van der Waals surface area contributed by atoms with Crippen LogP contribution < -0.4 is 0 Å². The second-order valence-electron chi connectivity index (χ2n) is 4.74. The van der Waals surface area contributed by atoms with Gasteiger partial charge >= 0.3 is 0 Å². The van der Waals surface area contributed by atoms with Crippen LogP contribution in [0.4, 0.5) is 0 Å². The lowest BCUT2D eigenvalue weighted by molar-refractivity contribution is 0.113. The van der Waals surface area contributed by atoms with E-state index in [0.29, 0.717) is 6.42 Å². The average Bonchev–Trinajstić information content (AvgIpc) is 2.28. The van der Waals surface area contributed by atoms with Crippen molar-refractivity contribution in [1.29, 1.82) is 0 Å². The van der Waals surface area contributed by atoms with E-state index in [1.165, 1.54) is 19.3 Å². The maximum Gasteiger partial charge on any atom is 0.123 e. The van der Waals surface area contributed by atoms with E-state index in [0.717, 1.165) is 26.1 Å². The number of nitrogens with zero attached hydrogens (tertiary/aromatic N) is 1. The summed E-state index contributed by atoms with van der Waals surface area (Å²) >= 11 is 0. The fourth-order valence-corrected chi connectivity index (χ4v) is 1.90. The van der Waals surface area contributed by atoms with E-state index in [1.54, 1.807) is 6.92 Å². The fourth-order valence-electron chi connectivity index (χ4n) is 1.90. The van der Waals surface area contributed by atoms with Crippen molar-refractivity contribution in [3.63, 3.8) is 0 Å². The molecule has 90 valence electrons. The van der Waals surface area contributed by atoms with Crippen LogP contribution in [0.1, 0.15) is 39.0 Å². The maximum atomic E-state index is 9.94. The quantitative estimate of drug-likeness (QED) is 0.581. The third-order valence-corrected chi connectivity index (χ3v) is 2.94. The van der Waals surface area contributed by atoms with E-state index in [4.69, 9.17) is 0 Å². The highest BCUT2D eigenvalue weighted by atomic mass is 16.3. The van der Waals surface area contributed by atoms with Crippen LogP contribution in [0.15, 0.2) is 12.7 Å². The SMILES string of the molecule is C=CCC[C@](C)(O)C#CCN1CCCCC1. The van der Waals surface area contributed by atoms with Gasteiger partial charge in [-0.25, -0.2) is 0 Å². The molecule has 1 aliphatic rings. The van der Waals surface area contributed by atoms with Gasteiger partial charge in [0, 0.05) is 0 Å². The van der Waals surface area contributed by atoms with Crippen LogP contribution in [0.2, 0.25) is 0 Å². The van der Waals surface area contributed by atoms with Gasteiger partial charge in [-0.1, -0.05) is 24.3 Å². The van der Waals surface area contributed by atoms with E-state index < -0.39 is 5.60 Å². The Morgan fingerprint density at radius 2 is 2.06 bits per heavy atom. The molecule has 0 radical (unpaired) electrons. The Labute approximate surface area is 99.3 Å². The minimum atomic E-state index is -0.857. The number of rotatable bonds is 4. The van der Waals surface area contributed by atoms with Crippen molar-refractivity contribution in [3.8, 4) is 11.8 Å². The molecule has 0 bridgehead atoms. The lowest BCUT2D eigenvalue weighted by Gasteiger charge is -2.24. The molecule has 0 saturated carbocycles. The zero-order valence-corrected chi connectivity index (χ0v) is 10.3. The number of allylic oxidation sites excluding steroid dienone is 1. The molecule has 1 saturated heterocycles. The van der Waals surface area contributed by atoms with E-state index in [9.17, 15) is 5.11 Å². The zero-order chi connectivity index (χ0) is 11.9. The van der Waals surface area contributed by atoms with Gasteiger partial charge in [-0.2, -0.15) is 0 Å². The van der Waals surface area contributed by atoms with Crippen molar-refractivity contribution in [2.24, 2.45) is 0 Å². The highest BCUT2D eigenvalue weighted by Crippen LogP contribution is 2.11. The number of hydrogen-bond donors (Lipinski definition) is 1. The number of likely N-dealkylation sites (tertiary alicyclic amines) is 1. The molecule has 0 aliphatic carbocycles. The summed E-state index contributed by atoms with van der Waals surface area (Å²) in [5.41, 5.74) is -0.857. The molecule has 16 heavy (non-hydrogen) atoms. The lowest BCUT2D eigenvalue weighted by Crippen LogP contribution is -2.30. The third kappa shape index (κ3) is 5.34. The summed E-state index contributed by atoms with van der Waals surface area (Å²) in [6.45, 7) is 8.54. The maximum absolute atomic E-state index is 9.94. The van der Waals surface area contributed by atoms with Crippen molar-refractivity contribution in [3.05, 3.63) is 12.7 Å². The number of piperidine rings is 1. The molecule has 0 spiro atoms. The van der Waals surface area contributed by atoms with E-state index in [2.05, 4.69) is 23.3 Å². The first-order valence-corrected chi connectivity index (χ1v) is 6.20. The number of aliphatic hydroxyl groups is 1. The molecule has 2 nitrogen and oxygen atoms in total. The van der Waals surface area contributed by atoms with Crippen molar-refractivity contribution in [1.82, 2.24) is 4.90 Å². The van der Waals surface area contributed by atoms with Crippen LogP contribution in [0, 0.1) is 11.8 Å². The molecule has 1 aliphatic heterocycles. The van der Waals surface area contributed by atoms with Gasteiger partial charge in [0.25, 0.3) is 0 Å². The van der Waals surface area contributed by atoms with Crippen molar-refractivity contribution >= 4 is 0 Å². The molecule has 1 fully saturated rings. The second-order valence-corrected chi connectivity index (χ2v) is 4.74. The summed E-state index contributed by atoms with van der Waals surface area (Å²) in [5.74, 6) is 6.05. The molecule has 0 unspecified atom stereocenters. The summed E-state index contributed by atoms with van der Waals surface area (Å²) < 4.78 is 0. The molecular formula is C14H23NO. The van der Waals surface area contributed by atoms with Crippen molar-refractivity contribution in [2.75, 3.05) is 19.6 Å². The van der Waals surface area contributed by atoms with E-state index in [-0.39, 0.29) is 0 Å². The third-order valence-electron chi connectivity index (χ3n) is 2.94. The standard InChI is InChI=1S/C14H23NO/c1-3-4-9-14(2,16)10-8-13-15-11-6-5-7-12-15/h3,16H,1,4-7,9,11-13H2,2H3/t14-/m0/s1. The van der Waals surface area contributed by atoms with Gasteiger partial charge in [-0.3, -0.25) is 4.90 Å². The van der Waals surface area contributed by atoms with Crippen LogP contribution in [0.3, 0.4) is 0 Å². The van der Waals surface area contributed by atoms with Crippen molar-refractivity contribution in [2.45, 2.75) is 44.6 Å². The van der Waals surface area contributed by atoms with Crippen LogP contribution in [0.25, 0.3) is 0 Å². The molecular weight excluding hydrogens is 198 g/mol. The average molecular weight is 221 g/mol. The Balaban J connectivity index is 2.31. The first-order chi connectivity index (χ1) is 7.64. The summed E-state index contributed by atoms with van der Waals surface area (Å²) in [5, 5.41) is 9.94. The first kappa shape index (κ1) is 13.3. The van der Waals surface area contributed by atoms with Gasteiger partial charge in [-0.15, -0.1) is 6.58 Å². The van der Waals surface area contributed by atoms with Crippen LogP contribution in [0.5, 0.6) is 0 Å². The Morgan fingerprint density at radius 3 is 2.69 bits per heavy atom. The van der Waals surface area contributed by atoms with Gasteiger partial charge in [0.15, 0.2) is 0 Å². The number of hydrogen-bond acceptors (Lipinski definition) is 2. The molecule has 0 amide bonds. The summed E-state index contributed by atoms with van der Waals surface area (Å²) in [7, 11) is 0. The van der Waals surface area contributed by atoms with Gasteiger partial charge in [0.1, 0.15) is 5.60 Å². The van der Waals surface area contributed by atoms with E-state index >= 15 is 0 Å². The topological polar surface area (TPSA) is 23.5 Å². The Hall–Kier alpha value is -0.780. The normalized spacial score (nSPS) is 20.6.